The molecular weight excluding hydrogens is 344 g/mol. The Kier molecular flexibility index (Phi) is 3.54. The van der Waals surface area contributed by atoms with E-state index in [1.54, 1.807) is 0 Å². The van der Waals surface area contributed by atoms with E-state index in [9.17, 15) is 10.1 Å². The maximum Gasteiger partial charge on any atom is 0.274 e. The van der Waals surface area contributed by atoms with E-state index < -0.39 is 10.6 Å². The molecule has 6 nitrogen and oxygen atoms in total. The summed E-state index contributed by atoms with van der Waals surface area (Å²) in [6.07, 6.45) is 3.89. The molecule has 6 heteroatoms. The van der Waals surface area contributed by atoms with Gasteiger partial charge in [0.2, 0.25) is 5.72 Å². The van der Waals surface area contributed by atoms with Crippen LogP contribution in [0.1, 0.15) is 30.5 Å². The molecule has 0 N–H and O–H groups in total. The average Bonchev–Trinajstić information content (AvgIpc) is 2.80. The van der Waals surface area contributed by atoms with Gasteiger partial charge < -0.3 is 14.4 Å². The van der Waals surface area contributed by atoms with Gasteiger partial charge in [0, 0.05) is 24.4 Å². The third kappa shape index (κ3) is 2.13. The Bertz CT molecular complexity index is 996. The van der Waals surface area contributed by atoms with E-state index in [0.29, 0.717) is 17.1 Å². The molecule has 0 bridgehead atoms. The highest BCUT2D eigenvalue weighted by molar-refractivity contribution is 5.76. The topological polar surface area (TPSA) is 64.8 Å². The van der Waals surface area contributed by atoms with Gasteiger partial charge in [-0.3, -0.25) is 10.1 Å². The van der Waals surface area contributed by atoms with E-state index >= 15 is 0 Å². The van der Waals surface area contributed by atoms with Crippen LogP contribution >= 0.6 is 0 Å². The largest absolute Gasteiger partial charge is 0.493 e. The molecule has 140 valence electrons. The summed E-state index contributed by atoms with van der Waals surface area (Å²) in [6, 6.07) is 9.21. The molecule has 0 fully saturated rings. The fraction of sp³-hybridized carbons (Fsp3) is 0.333. The first-order valence-corrected chi connectivity index (χ1v) is 8.81. The SMILES string of the molecule is COc1cc([N+](=O)[O-])cc2c1OC1(C=C2)N(C)c2c(C)cccc2C1(C)C. The summed E-state index contributed by atoms with van der Waals surface area (Å²) >= 11 is 0. The van der Waals surface area contributed by atoms with Crippen LogP contribution < -0.4 is 14.4 Å². The molecule has 2 aromatic rings. The number of para-hydroxylation sites is 1. The monoisotopic (exact) mass is 366 g/mol. The summed E-state index contributed by atoms with van der Waals surface area (Å²) in [6.45, 7) is 6.40. The van der Waals surface area contributed by atoms with Gasteiger partial charge in [-0.05, 0) is 44.1 Å². The van der Waals surface area contributed by atoms with Gasteiger partial charge in [-0.1, -0.05) is 18.2 Å². The predicted molar refractivity (Wildman–Crippen MR) is 105 cm³/mol. The van der Waals surface area contributed by atoms with Gasteiger partial charge in [-0.2, -0.15) is 0 Å². The Morgan fingerprint density at radius 2 is 2.00 bits per heavy atom. The summed E-state index contributed by atoms with van der Waals surface area (Å²) in [5, 5.41) is 11.2. The van der Waals surface area contributed by atoms with Crippen molar-refractivity contribution in [1.82, 2.24) is 0 Å². The average molecular weight is 366 g/mol. The number of nitro groups is 1. The number of rotatable bonds is 2. The van der Waals surface area contributed by atoms with Crippen molar-refractivity contribution in [1.29, 1.82) is 0 Å². The highest BCUT2D eigenvalue weighted by Crippen LogP contribution is 2.56. The van der Waals surface area contributed by atoms with Gasteiger partial charge in [0.15, 0.2) is 11.5 Å². The third-order valence-corrected chi connectivity index (χ3v) is 5.89. The van der Waals surface area contributed by atoms with Gasteiger partial charge in [0.05, 0.1) is 23.5 Å². The zero-order valence-electron chi connectivity index (χ0n) is 16.1. The first-order valence-electron chi connectivity index (χ1n) is 8.81. The molecule has 0 saturated heterocycles. The van der Waals surface area contributed by atoms with Crippen LogP contribution in [0.4, 0.5) is 11.4 Å². The molecule has 27 heavy (non-hydrogen) atoms. The molecular formula is C21H22N2O4. The van der Waals surface area contributed by atoms with Crippen molar-refractivity contribution in [2.45, 2.75) is 31.9 Å². The fourth-order valence-electron chi connectivity index (χ4n) is 4.39. The molecule has 4 rings (SSSR count). The highest BCUT2D eigenvalue weighted by Gasteiger charge is 2.58. The van der Waals surface area contributed by atoms with Crippen LogP contribution in [-0.4, -0.2) is 24.8 Å². The summed E-state index contributed by atoms with van der Waals surface area (Å²) in [7, 11) is 3.52. The van der Waals surface area contributed by atoms with E-state index in [1.165, 1.54) is 30.4 Å². The van der Waals surface area contributed by atoms with Crippen molar-refractivity contribution in [2.75, 3.05) is 19.1 Å². The van der Waals surface area contributed by atoms with Crippen molar-refractivity contribution in [3.8, 4) is 11.5 Å². The standard InChI is InChI=1S/C21H22N2O4/c1-13-7-6-8-16-18(13)22(4)21(20(16,2)3)10-9-14-11-15(23(24)25)12-17(26-5)19(14)27-21/h6-12H,1-5H3. The van der Waals surface area contributed by atoms with Crippen LogP contribution in [0.2, 0.25) is 0 Å². The molecule has 1 spiro atoms. The molecule has 2 heterocycles. The molecule has 1 unspecified atom stereocenters. The van der Waals surface area contributed by atoms with E-state index in [4.69, 9.17) is 9.47 Å². The zero-order valence-corrected chi connectivity index (χ0v) is 16.1. The smallest absolute Gasteiger partial charge is 0.274 e. The number of methoxy groups -OCH3 is 1. The summed E-state index contributed by atoms with van der Waals surface area (Å²) in [5.74, 6) is 0.885. The lowest BCUT2D eigenvalue weighted by Gasteiger charge is -2.46. The second-order valence-corrected chi connectivity index (χ2v) is 7.61. The predicted octanol–water partition coefficient (Wildman–Crippen LogP) is 4.44. The fourth-order valence-corrected chi connectivity index (χ4v) is 4.39. The number of nitrogens with zero attached hydrogens (tertiary/aromatic N) is 2. The number of anilines is 1. The molecule has 0 aromatic heterocycles. The Labute approximate surface area is 158 Å². The minimum atomic E-state index is -0.752. The Morgan fingerprint density at radius 3 is 2.63 bits per heavy atom. The molecule has 0 amide bonds. The van der Waals surface area contributed by atoms with Crippen molar-refractivity contribution in [3.05, 3.63) is 63.2 Å². The second kappa shape index (κ2) is 5.49. The third-order valence-electron chi connectivity index (χ3n) is 5.89. The van der Waals surface area contributed by atoms with Gasteiger partial charge in [-0.25, -0.2) is 0 Å². The lowest BCUT2D eigenvalue weighted by molar-refractivity contribution is -0.385. The highest BCUT2D eigenvalue weighted by atomic mass is 16.6. The van der Waals surface area contributed by atoms with Crippen LogP contribution in [-0.2, 0) is 5.41 Å². The van der Waals surface area contributed by atoms with Gasteiger partial charge in [0.1, 0.15) is 0 Å². The van der Waals surface area contributed by atoms with Crippen molar-refractivity contribution >= 4 is 17.5 Å². The van der Waals surface area contributed by atoms with Crippen LogP contribution in [0.3, 0.4) is 0 Å². The minimum Gasteiger partial charge on any atom is -0.493 e. The zero-order chi connectivity index (χ0) is 19.6. The molecule has 1 atom stereocenters. The van der Waals surface area contributed by atoms with Crippen LogP contribution in [0.5, 0.6) is 11.5 Å². The molecule has 2 aliphatic rings. The summed E-state index contributed by atoms with van der Waals surface area (Å²) in [5.41, 5.74) is 3.06. The molecule has 0 saturated carbocycles. The lowest BCUT2D eigenvalue weighted by Crippen LogP contribution is -2.58. The minimum absolute atomic E-state index is 0.0204. The van der Waals surface area contributed by atoms with Gasteiger partial charge >= 0.3 is 0 Å². The number of ether oxygens (including phenoxy) is 2. The number of nitro benzene ring substituents is 1. The Morgan fingerprint density at radius 1 is 1.26 bits per heavy atom. The molecule has 0 aliphatic carbocycles. The van der Waals surface area contributed by atoms with Crippen LogP contribution in [0.15, 0.2) is 36.4 Å². The van der Waals surface area contributed by atoms with E-state index in [2.05, 4.69) is 43.9 Å². The number of aryl methyl sites for hydroxylation is 1. The number of fused-ring (bicyclic) bond motifs is 2. The maximum absolute atomic E-state index is 11.2. The molecule has 0 radical (unpaired) electrons. The van der Waals surface area contributed by atoms with Crippen LogP contribution in [0.25, 0.3) is 6.08 Å². The number of hydrogen-bond acceptors (Lipinski definition) is 5. The van der Waals surface area contributed by atoms with E-state index in [0.717, 1.165) is 5.69 Å². The van der Waals surface area contributed by atoms with Gasteiger partial charge in [0.25, 0.3) is 5.69 Å². The summed E-state index contributed by atoms with van der Waals surface area (Å²) < 4.78 is 12.0. The lowest BCUT2D eigenvalue weighted by atomic mass is 9.76. The quantitative estimate of drug-likeness (QED) is 0.581. The van der Waals surface area contributed by atoms with Gasteiger partial charge in [-0.15, -0.1) is 0 Å². The van der Waals surface area contributed by atoms with E-state index in [1.807, 2.05) is 19.2 Å². The van der Waals surface area contributed by atoms with Crippen molar-refractivity contribution in [3.63, 3.8) is 0 Å². The number of non-ortho nitro benzene ring substituents is 1. The van der Waals surface area contributed by atoms with Crippen LogP contribution in [0, 0.1) is 17.0 Å². The Hall–Kier alpha value is -3.02. The molecule has 2 aliphatic heterocycles. The van der Waals surface area contributed by atoms with Crippen molar-refractivity contribution in [2.24, 2.45) is 0 Å². The number of hydrogen-bond donors (Lipinski definition) is 0. The normalized spacial score (nSPS) is 21.6. The molecule has 2 aromatic carbocycles. The first-order chi connectivity index (χ1) is 12.7. The number of likely N-dealkylation sites (N-methyl/N-ethyl adjacent to an activating group) is 1. The number of benzene rings is 2. The Balaban J connectivity index is 1.91. The maximum atomic E-state index is 11.2. The van der Waals surface area contributed by atoms with E-state index in [-0.39, 0.29) is 11.1 Å². The first kappa shape index (κ1) is 17.4. The summed E-state index contributed by atoms with van der Waals surface area (Å²) in [4.78, 5) is 12.9. The second-order valence-electron chi connectivity index (χ2n) is 7.61. The van der Waals surface area contributed by atoms with Crippen molar-refractivity contribution < 1.29 is 14.4 Å².